The summed E-state index contributed by atoms with van der Waals surface area (Å²) in [4.78, 5) is 16.6. The number of aryl methyl sites for hydroxylation is 3. The lowest BCUT2D eigenvalue weighted by atomic mass is 10.1. The highest BCUT2D eigenvalue weighted by atomic mass is 19.4. The normalized spacial score (nSPS) is 13.1. The van der Waals surface area contributed by atoms with Crippen LogP contribution in [0.4, 0.5) is 13.2 Å². The molecule has 0 spiro atoms. The monoisotopic (exact) mass is 394 g/mol. The number of nitrogens with zero attached hydrogens (tertiary/aromatic N) is 5. The molecule has 3 rings (SSSR count). The van der Waals surface area contributed by atoms with Gasteiger partial charge in [-0.1, -0.05) is 0 Å². The van der Waals surface area contributed by atoms with Crippen molar-refractivity contribution in [1.29, 1.82) is 0 Å². The third kappa shape index (κ3) is 4.15. The summed E-state index contributed by atoms with van der Waals surface area (Å²) in [6.45, 7) is 6.91. The minimum absolute atomic E-state index is 0.0512. The van der Waals surface area contributed by atoms with Gasteiger partial charge < -0.3 is 5.32 Å². The molecule has 28 heavy (non-hydrogen) atoms. The Balaban J connectivity index is 1.80. The van der Waals surface area contributed by atoms with Crippen LogP contribution in [-0.4, -0.2) is 36.5 Å². The first kappa shape index (κ1) is 19.8. The predicted molar refractivity (Wildman–Crippen MR) is 96.6 cm³/mol. The van der Waals surface area contributed by atoms with E-state index in [4.69, 9.17) is 0 Å². The van der Waals surface area contributed by atoms with Crippen molar-refractivity contribution in [3.8, 4) is 0 Å². The van der Waals surface area contributed by atoms with Gasteiger partial charge >= 0.3 is 6.18 Å². The van der Waals surface area contributed by atoms with Crippen LogP contribution in [0.15, 0.2) is 18.3 Å². The van der Waals surface area contributed by atoms with Crippen molar-refractivity contribution < 1.29 is 18.0 Å². The third-order valence-corrected chi connectivity index (χ3v) is 4.25. The van der Waals surface area contributed by atoms with Gasteiger partial charge in [0, 0.05) is 17.9 Å². The van der Waals surface area contributed by atoms with Crippen LogP contribution in [0.3, 0.4) is 0 Å². The Morgan fingerprint density at radius 3 is 2.54 bits per heavy atom. The van der Waals surface area contributed by atoms with Crippen LogP contribution in [0.5, 0.6) is 0 Å². The molecule has 0 unspecified atom stereocenters. The molecule has 0 aliphatic carbocycles. The van der Waals surface area contributed by atoms with E-state index in [2.05, 4.69) is 20.5 Å². The van der Waals surface area contributed by atoms with Crippen molar-refractivity contribution in [2.45, 2.75) is 53.0 Å². The fourth-order valence-corrected chi connectivity index (χ4v) is 3.16. The number of carbonyl (C=O) groups is 1. The topological polar surface area (TPSA) is 77.6 Å². The summed E-state index contributed by atoms with van der Waals surface area (Å²) in [5.41, 5.74) is 0.530. The molecule has 1 atom stereocenters. The SMILES string of the molecule is Cc1cc(C(F)(F)F)c2c(C)nn(CC(=O)N[C@H](C)Cn3ccc(C)n3)c2n1. The second-order valence-electron chi connectivity index (χ2n) is 6.90. The van der Waals surface area contributed by atoms with Crippen LogP contribution in [0.25, 0.3) is 11.0 Å². The average molecular weight is 394 g/mol. The molecule has 0 radical (unpaired) electrons. The van der Waals surface area contributed by atoms with E-state index in [1.54, 1.807) is 4.68 Å². The molecule has 7 nitrogen and oxygen atoms in total. The van der Waals surface area contributed by atoms with Gasteiger partial charge in [-0.25, -0.2) is 9.67 Å². The minimum atomic E-state index is -4.52. The van der Waals surface area contributed by atoms with Crippen LogP contribution in [0, 0.1) is 20.8 Å². The number of carbonyl (C=O) groups excluding carboxylic acids is 1. The maximum atomic E-state index is 13.4. The van der Waals surface area contributed by atoms with Gasteiger partial charge in [0.25, 0.3) is 0 Å². The number of hydrogen-bond acceptors (Lipinski definition) is 4. The van der Waals surface area contributed by atoms with Gasteiger partial charge in [-0.15, -0.1) is 0 Å². The van der Waals surface area contributed by atoms with Crippen molar-refractivity contribution in [3.63, 3.8) is 0 Å². The zero-order valence-corrected chi connectivity index (χ0v) is 16.0. The second kappa shape index (κ2) is 7.25. The highest BCUT2D eigenvalue weighted by molar-refractivity contribution is 5.85. The Kier molecular flexibility index (Phi) is 5.14. The standard InChI is InChI=1S/C18H21F3N6O/c1-10-5-6-26(24-10)8-12(3)22-15(28)9-27-17-16(13(4)25-27)14(18(19,20)21)7-11(2)23-17/h5-7,12H,8-9H2,1-4H3,(H,22,28)/t12-/m1/s1. The highest BCUT2D eigenvalue weighted by Gasteiger charge is 2.35. The molecule has 10 heteroatoms. The number of aromatic nitrogens is 5. The fourth-order valence-electron chi connectivity index (χ4n) is 3.16. The first-order chi connectivity index (χ1) is 13.0. The van der Waals surface area contributed by atoms with Gasteiger partial charge in [-0.3, -0.25) is 9.48 Å². The molecule has 0 bridgehead atoms. The largest absolute Gasteiger partial charge is 0.417 e. The predicted octanol–water partition coefficient (Wildman–Crippen LogP) is 2.78. The lowest BCUT2D eigenvalue weighted by Gasteiger charge is -2.14. The van der Waals surface area contributed by atoms with Gasteiger partial charge in [-0.05, 0) is 39.8 Å². The Morgan fingerprint density at radius 1 is 1.21 bits per heavy atom. The number of nitrogens with one attached hydrogen (secondary N) is 1. The van der Waals surface area contributed by atoms with Crippen molar-refractivity contribution >= 4 is 16.9 Å². The van der Waals surface area contributed by atoms with Gasteiger partial charge in [-0.2, -0.15) is 23.4 Å². The molecule has 3 aromatic rings. The summed E-state index contributed by atoms with van der Waals surface area (Å²) in [5.74, 6) is -0.363. The summed E-state index contributed by atoms with van der Waals surface area (Å²) >= 11 is 0. The van der Waals surface area contributed by atoms with Crippen molar-refractivity contribution in [2.24, 2.45) is 0 Å². The molecule has 0 saturated heterocycles. The molecule has 0 aliphatic heterocycles. The van der Waals surface area contributed by atoms with Crippen LogP contribution in [0.2, 0.25) is 0 Å². The molecule has 1 amide bonds. The van der Waals surface area contributed by atoms with E-state index in [1.807, 2.05) is 26.1 Å². The van der Waals surface area contributed by atoms with E-state index in [9.17, 15) is 18.0 Å². The lowest BCUT2D eigenvalue weighted by molar-refractivity contribution is -0.136. The second-order valence-corrected chi connectivity index (χ2v) is 6.90. The highest BCUT2D eigenvalue weighted by Crippen LogP contribution is 2.36. The van der Waals surface area contributed by atoms with Gasteiger partial charge in [0.1, 0.15) is 6.54 Å². The number of halogens is 3. The quantitative estimate of drug-likeness (QED) is 0.722. The summed E-state index contributed by atoms with van der Waals surface area (Å²) in [5, 5.41) is 11.1. The number of hydrogen-bond donors (Lipinski definition) is 1. The van der Waals surface area contributed by atoms with Crippen molar-refractivity contribution in [3.05, 3.63) is 41.0 Å². The Morgan fingerprint density at radius 2 is 1.93 bits per heavy atom. The first-order valence-corrected chi connectivity index (χ1v) is 8.76. The van der Waals surface area contributed by atoms with E-state index >= 15 is 0 Å². The van der Waals surface area contributed by atoms with Gasteiger partial charge in [0.15, 0.2) is 5.65 Å². The maximum absolute atomic E-state index is 13.4. The summed E-state index contributed by atoms with van der Waals surface area (Å²) < 4.78 is 43.1. The van der Waals surface area contributed by atoms with Gasteiger partial charge in [0.05, 0.1) is 28.9 Å². The van der Waals surface area contributed by atoms with Crippen LogP contribution < -0.4 is 5.32 Å². The molecule has 0 fully saturated rings. The molecule has 3 heterocycles. The van der Waals surface area contributed by atoms with E-state index in [1.165, 1.54) is 18.5 Å². The summed E-state index contributed by atoms with van der Waals surface area (Å²) in [6, 6.07) is 2.64. The Labute approximate surface area is 159 Å². The van der Waals surface area contributed by atoms with Crippen molar-refractivity contribution in [2.75, 3.05) is 0 Å². The van der Waals surface area contributed by atoms with E-state index in [-0.39, 0.29) is 40.9 Å². The molecule has 0 saturated carbocycles. The molecular formula is C18H21F3N6O. The molecule has 150 valence electrons. The van der Waals surface area contributed by atoms with Crippen molar-refractivity contribution in [1.82, 2.24) is 29.9 Å². The van der Waals surface area contributed by atoms with E-state index < -0.39 is 11.7 Å². The molecule has 3 aromatic heterocycles. The zero-order chi connectivity index (χ0) is 20.6. The maximum Gasteiger partial charge on any atom is 0.417 e. The molecule has 0 aromatic carbocycles. The summed E-state index contributed by atoms with van der Waals surface area (Å²) in [6.07, 6.45) is -2.71. The lowest BCUT2D eigenvalue weighted by Crippen LogP contribution is -2.38. The average Bonchev–Trinajstić information content (AvgIpc) is 3.09. The molecular weight excluding hydrogens is 373 g/mol. The Bertz CT molecular complexity index is 1020. The van der Waals surface area contributed by atoms with E-state index in [0.29, 0.717) is 6.54 Å². The van der Waals surface area contributed by atoms with Gasteiger partial charge in [0.2, 0.25) is 5.91 Å². The molecule has 1 N–H and O–H groups in total. The number of rotatable bonds is 5. The third-order valence-electron chi connectivity index (χ3n) is 4.25. The van der Waals surface area contributed by atoms with Crippen LogP contribution >= 0.6 is 0 Å². The number of amides is 1. The van der Waals surface area contributed by atoms with Crippen LogP contribution in [0.1, 0.15) is 29.6 Å². The van der Waals surface area contributed by atoms with Crippen LogP contribution in [-0.2, 0) is 24.1 Å². The fraction of sp³-hybridized carbons (Fsp3) is 0.444. The smallest absolute Gasteiger partial charge is 0.350 e. The Hall–Kier alpha value is -2.91. The minimum Gasteiger partial charge on any atom is -0.350 e. The number of pyridine rings is 1. The molecule has 0 aliphatic rings. The number of fused-ring (bicyclic) bond motifs is 1. The number of alkyl halides is 3. The summed E-state index contributed by atoms with van der Waals surface area (Å²) in [7, 11) is 0. The first-order valence-electron chi connectivity index (χ1n) is 8.76. The van der Waals surface area contributed by atoms with E-state index in [0.717, 1.165) is 11.8 Å². The zero-order valence-electron chi connectivity index (χ0n) is 16.0.